The molecule has 34 heavy (non-hydrogen) atoms. The van der Waals surface area contributed by atoms with Crippen LogP contribution in [0, 0.1) is 0 Å². The molecule has 0 spiro atoms. The number of rotatable bonds is 4. The third-order valence-electron chi connectivity index (χ3n) is 4.97. The molecule has 0 saturated carbocycles. The van der Waals surface area contributed by atoms with Crippen LogP contribution in [0.15, 0.2) is 65.2 Å². The van der Waals surface area contributed by atoms with Gasteiger partial charge in [-0.1, -0.05) is 24.3 Å². The number of amides is 3. The Bertz CT molecular complexity index is 1460. The highest BCUT2D eigenvalue weighted by Gasteiger charge is 2.49. The van der Waals surface area contributed by atoms with E-state index in [-0.39, 0.29) is 27.2 Å². The summed E-state index contributed by atoms with van der Waals surface area (Å²) in [6.07, 6.45) is 1.39. The molecule has 5 rings (SSSR count). The Morgan fingerprint density at radius 2 is 1.82 bits per heavy atom. The van der Waals surface area contributed by atoms with Crippen LogP contribution < -0.4 is 10.3 Å². The molecule has 3 amide bonds. The molecule has 1 saturated heterocycles. The minimum absolute atomic E-state index is 0.00540. The van der Waals surface area contributed by atoms with E-state index in [4.69, 9.17) is 0 Å². The van der Waals surface area contributed by atoms with Crippen molar-refractivity contribution in [2.75, 3.05) is 4.90 Å². The van der Waals surface area contributed by atoms with Crippen molar-refractivity contribution in [3.8, 4) is 5.75 Å². The number of phenols is 1. The SMILES string of the molecule is O=C(N/N=C1/C(=O)N(c2nccs2)C(=O)C(=O)[C@H]1c1nc2ccccc2s1)c1ccccc1O. The standard InChI is InChI=1S/C22H13N5O5S2/c28-13-7-3-1-5-11(13)18(30)26-25-16-15(19-24-12-6-2-4-8-14(12)34-19)17(29)21(32)27(20(16)31)22-23-9-10-33-22/h1-10,15,28H,(H,26,30)/b25-16+/t15-/m0/s1. The largest absolute Gasteiger partial charge is 0.507 e. The summed E-state index contributed by atoms with van der Waals surface area (Å²) in [7, 11) is 0. The van der Waals surface area contributed by atoms with Gasteiger partial charge in [0.25, 0.3) is 11.8 Å². The molecular weight excluding hydrogens is 478 g/mol. The third kappa shape index (κ3) is 3.64. The second-order valence-corrected chi connectivity index (χ2v) is 8.97. The summed E-state index contributed by atoms with van der Waals surface area (Å²) >= 11 is 2.14. The van der Waals surface area contributed by atoms with Gasteiger partial charge in [-0.3, -0.25) is 19.2 Å². The molecule has 1 aliphatic heterocycles. The Morgan fingerprint density at radius 1 is 1.06 bits per heavy atom. The first kappa shape index (κ1) is 21.6. The highest BCUT2D eigenvalue weighted by Crippen LogP contribution is 2.34. The summed E-state index contributed by atoms with van der Waals surface area (Å²) in [6, 6.07) is 12.9. The van der Waals surface area contributed by atoms with Gasteiger partial charge in [-0.05, 0) is 24.3 Å². The highest BCUT2D eigenvalue weighted by molar-refractivity contribution is 7.19. The number of imide groups is 1. The van der Waals surface area contributed by atoms with Crippen molar-refractivity contribution in [1.29, 1.82) is 0 Å². The van der Waals surface area contributed by atoms with Crippen LogP contribution in [0.4, 0.5) is 5.13 Å². The average Bonchev–Trinajstić information content (AvgIpc) is 3.51. The lowest BCUT2D eigenvalue weighted by atomic mass is 9.92. The van der Waals surface area contributed by atoms with Gasteiger partial charge in [-0.25, -0.2) is 20.3 Å². The van der Waals surface area contributed by atoms with Gasteiger partial charge in [-0.15, -0.1) is 22.7 Å². The molecule has 3 heterocycles. The fraction of sp³-hybridized carbons (Fsp3) is 0.0455. The summed E-state index contributed by atoms with van der Waals surface area (Å²) in [5.74, 6) is -5.38. The van der Waals surface area contributed by atoms with Gasteiger partial charge in [0.15, 0.2) is 5.13 Å². The predicted octanol–water partition coefficient (Wildman–Crippen LogP) is 2.47. The number of piperidine rings is 1. The number of aromatic nitrogens is 2. The molecule has 0 radical (unpaired) electrons. The topological polar surface area (TPSA) is 142 Å². The number of carbonyl (C=O) groups is 4. The molecule has 2 N–H and O–H groups in total. The van der Waals surface area contributed by atoms with Crippen LogP contribution in [0.3, 0.4) is 0 Å². The van der Waals surface area contributed by atoms with E-state index < -0.39 is 29.4 Å². The van der Waals surface area contributed by atoms with Crippen molar-refractivity contribution in [3.05, 3.63) is 70.7 Å². The van der Waals surface area contributed by atoms with Crippen LogP contribution in [0.25, 0.3) is 10.2 Å². The number of fused-ring (bicyclic) bond motifs is 1. The summed E-state index contributed by atoms with van der Waals surface area (Å²) in [6.45, 7) is 0. The van der Waals surface area contributed by atoms with Gasteiger partial charge < -0.3 is 5.11 Å². The van der Waals surface area contributed by atoms with Gasteiger partial charge in [-0.2, -0.15) is 5.10 Å². The maximum Gasteiger partial charge on any atom is 0.304 e. The minimum atomic E-state index is -1.40. The molecule has 1 fully saturated rings. The Labute approximate surface area is 199 Å². The number of thiazole rings is 2. The molecular formula is C22H13N5O5S2. The molecule has 1 atom stereocenters. The van der Waals surface area contributed by atoms with E-state index in [9.17, 15) is 24.3 Å². The zero-order chi connectivity index (χ0) is 23.8. The monoisotopic (exact) mass is 491 g/mol. The number of Topliss-reactive ketones (excluding diaryl/α,β-unsaturated/α-hetero) is 1. The van der Waals surface area contributed by atoms with Crippen LogP contribution >= 0.6 is 22.7 Å². The fourth-order valence-electron chi connectivity index (χ4n) is 3.38. The van der Waals surface area contributed by atoms with E-state index in [1.807, 2.05) is 0 Å². The number of ketones is 1. The average molecular weight is 492 g/mol. The number of anilines is 1. The molecule has 1 aliphatic rings. The lowest BCUT2D eigenvalue weighted by Crippen LogP contribution is -2.55. The molecule has 2 aromatic heterocycles. The maximum atomic E-state index is 13.4. The number of hydrogen-bond acceptors (Lipinski definition) is 10. The number of para-hydroxylation sites is 2. The molecule has 0 unspecified atom stereocenters. The molecule has 10 nitrogen and oxygen atoms in total. The van der Waals surface area contributed by atoms with Gasteiger partial charge in [0.05, 0.1) is 15.8 Å². The van der Waals surface area contributed by atoms with Crippen molar-refractivity contribution in [2.45, 2.75) is 5.92 Å². The molecule has 0 aliphatic carbocycles. The van der Waals surface area contributed by atoms with E-state index in [1.165, 1.54) is 18.3 Å². The number of carbonyl (C=O) groups excluding carboxylic acids is 4. The van der Waals surface area contributed by atoms with E-state index in [0.29, 0.717) is 10.4 Å². The van der Waals surface area contributed by atoms with Crippen molar-refractivity contribution >= 4 is 67.2 Å². The number of phenolic OH excluding ortho intramolecular Hbond substituents is 1. The number of hydrazone groups is 1. The van der Waals surface area contributed by atoms with Gasteiger partial charge in [0.1, 0.15) is 22.4 Å². The minimum Gasteiger partial charge on any atom is -0.507 e. The second-order valence-electron chi connectivity index (χ2n) is 7.03. The van der Waals surface area contributed by atoms with Crippen LogP contribution in [0.1, 0.15) is 21.3 Å². The normalized spacial score (nSPS) is 17.5. The summed E-state index contributed by atoms with van der Waals surface area (Å²) in [5.41, 5.74) is 2.34. The van der Waals surface area contributed by atoms with Crippen molar-refractivity contribution < 1.29 is 24.3 Å². The second kappa shape index (κ2) is 8.57. The number of nitrogens with zero attached hydrogens (tertiary/aromatic N) is 4. The Morgan fingerprint density at radius 3 is 2.56 bits per heavy atom. The van der Waals surface area contributed by atoms with Crippen LogP contribution in [-0.2, 0) is 14.4 Å². The van der Waals surface area contributed by atoms with Crippen LogP contribution in [0.5, 0.6) is 5.75 Å². The molecule has 12 heteroatoms. The number of aromatic hydroxyl groups is 1. The first-order valence-corrected chi connectivity index (χ1v) is 11.5. The maximum absolute atomic E-state index is 13.4. The molecule has 168 valence electrons. The zero-order valence-electron chi connectivity index (χ0n) is 17.0. The molecule has 4 aromatic rings. The lowest BCUT2D eigenvalue weighted by Gasteiger charge is -2.27. The first-order valence-electron chi connectivity index (χ1n) is 9.79. The van der Waals surface area contributed by atoms with Gasteiger partial charge in [0, 0.05) is 11.6 Å². The van der Waals surface area contributed by atoms with Crippen molar-refractivity contribution in [2.24, 2.45) is 5.10 Å². The Balaban J connectivity index is 1.59. The number of nitrogens with one attached hydrogen (secondary N) is 1. The zero-order valence-corrected chi connectivity index (χ0v) is 18.7. The Kier molecular flexibility index (Phi) is 5.43. The van der Waals surface area contributed by atoms with Crippen LogP contribution in [0.2, 0.25) is 0 Å². The van der Waals surface area contributed by atoms with Gasteiger partial charge in [0.2, 0.25) is 5.78 Å². The highest BCUT2D eigenvalue weighted by atomic mass is 32.1. The number of benzene rings is 2. The van der Waals surface area contributed by atoms with Gasteiger partial charge >= 0.3 is 5.91 Å². The van der Waals surface area contributed by atoms with Crippen molar-refractivity contribution in [3.63, 3.8) is 0 Å². The summed E-state index contributed by atoms with van der Waals surface area (Å²) in [4.78, 5) is 61.1. The first-order chi connectivity index (χ1) is 16.5. The van der Waals surface area contributed by atoms with Crippen LogP contribution in [-0.4, -0.2) is 44.3 Å². The van der Waals surface area contributed by atoms with Crippen molar-refractivity contribution in [1.82, 2.24) is 15.4 Å². The van der Waals surface area contributed by atoms with E-state index in [2.05, 4.69) is 20.5 Å². The number of hydrogen-bond donors (Lipinski definition) is 2. The summed E-state index contributed by atoms with van der Waals surface area (Å²) < 4.78 is 0.755. The Hall–Kier alpha value is -4.29. The smallest absolute Gasteiger partial charge is 0.304 e. The quantitative estimate of drug-likeness (QED) is 0.254. The predicted molar refractivity (Wildman–Crippen MR) is 125 cm³/mol. The molecule has 0 bridgehead atoms. The van der Waals surface area contributed by atoms with E-state index in [1.54, 1.807) is 41.8 Å². The molecule has 2 aromatic carbocycles. The van der Waals surface area contributed by atoms with E-state index in [0.717, 1.165) is 27.4 Å². The third-order valence-corrected chi connectivity index (χ3v) is 6.82. The van der Waals surface area contributed by atoms with E-state index >= 15 is 0 Å². The summed E-state index contributed by atoms with van der Waals surface area (Å²) in [5, 5.41) is 15.6. The fourth-order valence-corrected chi connectivity index (χ4v) is 5.09. The lowest BCUT2D eigenvalue weighted by molar-refractivity contribution is -0.139.